The molecule has 0 amide bonds. The van der Waals surface area contributed by atoms with E-state index < -0.39 is 17.5 Å². The molecule has 3 N–H and O–H groups in total. The van der Waals surface area contributed by atoms with E-state index in [0.29, 0.717) is 25.5 Å². The summed E-state index contributed by atoms with van der Waals surface area (Å²) in [4.78, 5) is 0. The molecule has 3 nitrogen and oxygen atoms in total. The van der Waals surface area contributed by atoms with Crippen molar-refractivity contribution in [1.82, 2.24) is 5.32 Å². The second kappa shape index (κ2) is 7.85. The average Bonchev–Trinajstić information content (AvgIpc) is 2.58. The summed E-state index contributed by atoms with van der Waals surface area (Å²) < 4.78 is 46.6. The first kappa shape index (κ1) is 17.7. The number of piperidine rings is 1. The van der Waals surface area contributed by atoms with Crippen LogP contribution in [0.25, 0.3) is 0 Å². The SMILES string of the molecule is N[C@H]1CCCN[C@H]1COC1CCC(c2cc(F)cc(F)c2F)CC1. The Balaban J connectivity index is 1.51. The highest BCUT2D eigenvalue weighted by atomic mass is 19.2. The minimum Gasteiger partial charge on any atom is -0.377 e. The van der Waals surface area contributed by atoms with Gasteiger partial charge in [-0.15, -0.1) is 0 Å². The molecule has 1 aliphatic carbocycles. The van der Waals surface area contributed by atoms with Gasteiger partial charge in [-0.1, -0.05) is 0 Å². The summed E-state index contributed by atoms with van der Waals surface area (Å²) >= 11 is 0. The molecular weight excluding hydrogens is 317 g/mol. The third-order valence-corrected chi connectivity index (χ3v) is 5.28. The molecule has 1 saturated carbocycles. The van der Waals surface area contributed by atoms with Crippen LogP contribution in [0.15, 0.2) is 12.1 Å². The third-order valence-electron chi connectivity index (χ3n) is 5.28. The van der Waals surface area contributed by atoms with E-state index in [2.05, 4.69) is 5.32 Å². The Bertz CT molecular complexity index is 561. The van der Waals surface area contributed by atoms with Gasteiger partial charge in [-0.2, -0.15) is 0 Å². The zero-order valence-corrected chi connectivity index (χ0v) is 13.7. The standard InChI is InChI=1S/C18H25F3N2O/c19-12-8-14(18(21)15(20)9-12)11-3-5-13(6-4-11)24-10-17-16(22)2-1-7-23-17/h8-9,11,13,16-17,23H,1-7,10,22H2/t11?,13?,16-,17-/m0/s1. The number of halogens is 3. The molecule has 0 bridgehead atoms. The summed E-state index contributed by atoms with van der Waals surface area (Å²) in [5.41, 5.74) is 6.24. The van der Waals surface area contributed by atoms with E-state index in [-0.39, 0.29) is 29.7 Å². The van der Waals surface area contributed by atoms with E-state index in [1.807, 2.05) is 0 Å². The molecule has 134 valence electrons. The van der Waals surface area contributed by atoms with Gasteiger partial charge in [0.2, 0.25) is 0 Å². The topological polar surface area (TPSA) is 47.3 Å². The number of hydrogen-bond donors (Lipinski definition) is 2. The number of nitrogens with two attached hydrogens (primary N) is 1. The molecule has 0 unspecified atom stereocenters. The van der Waals surface area contributed by atoms with E-state index >= 15 is 0 Å². The van der Waals surface area contributed by atoms with Crippen LogP contribution in [-0.4, -0.2) is 31.3 Å². The van der Waals surface area contributed by atoms with Gasteiger partial charge in [0.1, 0.15) is 5.82 Å². The molecule has 1 heterocycles. The molecule has 3 rings (SSSR count). The maximum absolute atomic E-state index is 13.9. The molecule has 6 heteroatoms. The summed E-state index contributed by atoms with van der Waals surface area (Å²) in [5.74, 6) is -2.90. The maximum Gasteiger partial charge on any atom is 0.162 e. The molecule has 0 aromatic heterocycles. The Hall–Kier alpha value is -1.11. The van der Waals surface area contributed by atoms with Crippen LogP contribution in [0.4, 0.5) is 13.2 Å². The lowest BCUT2D eigenvalue weighted by Crippen LogP contribution is -2.52. The van der Waals surface area contributed by atoms with Gasteiger partial charge in [-0.05, 0) is 62.6 Å². The van der Waals surface area contributed by atoms with Crippen molar-refractivity contribution in [3.63, 3.8) is 0 Å². The summed E-state index contributed by atoms with van der Waals surface area (Å²) in [6.07, 6.45) is 5.10. The van der Waals surface area contributed by atoms with Gasteiger partial charge in [0, 0.05) is 18.2 Å². The number of ether oxygens (including phenoxy) is 1. The number of rotatable bonds is 4. The fourth-order valence-electron chi connectivity index (χ4n) is 3.81. The molecule has 0 spiro atoms. The average molecular weight is 342 g/mol. The van der Waals surface area contributed by atoms with Crippen LogP contribution in [-0.2, 0) is 4.74 Å². The fourth-order valence-corrected chi connectivity index (χ4v) is 3.81. The van der Waals surface area contributed by atoms with Crippen molar-refractivity contribution in [2.45, 2.75) is 62.6 Å². The Morgan fingerprint density at radius 1 is 1.08 bits per heavy atom. The number of nitrogens with one attached hydrogen (secondary N) is 1. The zero-order valence-electron chi connectivity index (χ0n) is 13.7. The van der Waals surface area contributed by atoms with E-state index in [4.69, 9.17) is 10.5 Å². The minimum absolute atomic E-state index is 0.110. The molecule has 2 aliphatic rings. The van der Waals surface area contributed by atoms with Gasteiger partial charge >= 0.3 is 0 Å². The molecule has 24 heavy (non-hydrogen) atoms. The summed E-state index contributed by atoms with van der Waals surface area (Å²) in [5, 5.41) is 3.38. The largest absolute Gasteiger partial charge is 0.377 e. The molecule has 1 saturated heterocycles. The van der Waals surface area contributed by atoms with Crippen LogP contribution < -0.4 is 11.1 Å². The lowest BCUT2D eigenvalue weighted by atomic mass is 9.82. The second-order valence-electron chi connectivity index (χ2n) is 6.96. The van der Waals surface area contributed by atoms with Crippen LogP contribution in [0.1, 0.15) is 50.0 Å². The maximum atomic E-state index is 13.9. The van der Waals surface area contributed by atoms with Crippen molar-refractivity contribution in [2.75, 3.05) is 13.2 Å². The number of benzene rings is 1. The van der Waals surface area contributed by atoms with Crippen LogP contribution in [0, 0.1) is 17.5 Å². The van der Waals surface area contributed by atoms with Gasteiger partial charge in [0.15, 0.2) is 11.6 Å². The fraction of sp³-hybridized carbons (Fsp3) is 0.667. The van der Waals surface area contributed by atoms with E-state index in [9.17, 15) is 13.2 Å². The highest BCUT2D eigenvalue weighted by Crippen LogP contribution is 2.36. The summed E-state index contributed by atoms with van der Waals surface area (Å²) in [6, 6.07) is 2.02. The monoisotopic (exact) mass is 342 g/mol. The first-order valence-electron chi connectivity index (χ1n) is 8.79. The van der Waals surface area contributed by atoms with E-state index in [1.54, 1.807) is 0 Å². The predicted octanol–water partition coefficient (Wildman–Crippen LogP) is 3.23. The lowest BCUT2D eigenvalue weighted by molar-refractivity contribution is 0.00599. The number of hydrogen-bond acceptors (Lipinski definition) is 3. The van der Waals surface area contributed by atoms with Gasteiger partial charge in [-0.25, -0.2) is 13.2 Å². The van der Waals surface area contributed by atoms with Crippen molar-refractivity contribution < 1.29 is 17.9 Å². The third kappa shape index (κ3) is 4.10. The van der Waals surface area contributed by atoms with Crippen molar-refractivity contribution in [1.29, 1.82) is 0 Å². The van der Waals surface area contributed by atoms with Gasteiger partial charge in [-0.3, -0.25) is 0 Å². The molecule has 0 radical (unpaired) electrons. The van der Waals surface area contributed by atoms with E-state index in [0.717, 1.165) is 38.3 Å². The van der Waals surface area contributed by atoms with Crippen molar-refractivity contribution in [2.24, 2.45) is 5.73 Å². The molecule has 1 aromatic rings. The van der Waals surface area contributed by atoms with Crippen molar-refractivity contribution in [3.05, 3.63) is 35.1 Å². The van der Waals surface area contributed by atoms with Crippen LogP contribution in [0.2, 0.25) is 0 Å². The van der Waals surface area contributed by atoms with Crippen LogP contribution in [0.3, 0.4) is 0 Å². The highest BCUT2D eigenvalue weighted by molar-refractivity contribution is 5.24. The highest BCUT2D eigenvalue weighted by Gasteiger charge is 2.28. The Labute approximate surface area is 140 Å². The smallest absolute Gasteiger partial charge is 0.162 e. The molecule has 1 aromatic carbocycles. The quantitative estimate of drug-likeness (QED) is 0.826. The van der Waals surface area contributed by atoms with Gasteiger partial charge in [0.05, 0.1) is 12.7 Å². The first-order chi connectivity index (χ1) is 11.5. The van der Waals surface area contributed by atoms with Gasteiger partial charge in [0.25, 0.3) is 0 Å². The molecular formula is C18H25F3N2O. The second-order valence-corrected chi connectivity index (χ2v) is 6.96. The molecule has 2 atom stereocenters. The van der Waals surface area contributed by atoms with Crippen molar-refractivity contribution in [3.8, 4) is 0 Å². The zero-order chi connectivity index (χ0) is 17.1. The first-order valence-corrected chi connectivity index (χ1v) is 8.79. The van der Waals surface area contributed by atoms with Crippen molar-refractivity contribution >= 4 is 0 Å². The Morgan fingerprint density at radius 3 is 2.54 bits per heavy atom. The van der Waals surface area contributed by atoms with Crippen LogP contribution >= 0.6 is 0 Å². The van der Waals surface area contributed by atoms with Crippen LogP contribution in [0.5, 0.6) is 0 Å². The van der Waals surface area contributed by atoms with Gasteiger partial charge < -0.3 is 15.8 Å². The molecule has 1 aliphatic heterocycles. The summed E-state index contributed by atoms with van der Waals surface area (Å²) in [7, 11) is 0. The lowest BCUT2D eigenvalue weighted by Gasteiger charge is -2.33. The predicted molar refractivity (Wildman–Crippen MR) is 86.3 cm³/mol. The molecule has 2 fully saturated rings. The summed E-state index contributed by atoms with van der Waals surface area (Å²) in [6.45, 7) is 1.55. The Kier molecular flexibility index (Phi) is 5.79. The Morgan fingerprint density at radius 2 is 1.83 bits per heavy atom. The minimum atomic E-state index is -1.11. The normalized spacial score (nSPS) is 31.2. The van der Waals surface area contributed by atoms with E-state index in [1.165, 1.54) is 0 Å².